The van der Waals surface area contributed by atoms with Crippen LogP contribution in [-0.4, -0.2) is 55.4 Å². The second-order valence-electron chi connectivity index (χ2n) is 3.34. The molecule has 0 fully saturated rings. The van der Waals surface area contributed by atoms with Crippen molar-refractivity contribution in [3.05, 3.63) is 0 Å². The van der Waals surface area contributed by atoms with Crippen LogP contribution in [0.1, 0.15) is 13.3 Å². The molecule has 0 aromatic rings. The topological polar surface area (TPSA) is 75.8 Å². The Morgan fingerprint density at radius 3 is 2.64 bits per heavy atom. The molecule has 5 nitrogen and oxygen atoms in total. The average Bonchev–Trinajstić information content (AvgIpc) is 2.15. The SMILES string of the molecule is CC[C@H](N)C(=O)N(C)CC(O)COC. The van der Waals surface area contributed by atoms with Crippen molar-refractivity contribution in [3.63, 3.8) is 0 Å². The number of methoxy groups -OCH3 is 1. The van der Waals surface area contributed by atoms with Crippen molar-refractivity contribution in [2.45, 2.75) is 25.5 Å². The Labute approximate surface area is 84.8 Å². The van der Waals surface area contributed by atoms with Crippen LogP contribution in [0.3, 0.4) is 0 Å². The molecule has 0 aliphatic carbocycles. The summed E-state index contributed by atoms with van der Waals surface area (Å²) < 4.78 is 4.75. The summed E-state index contributed by atoms with van der Waals surface area (Å²) in [6, 6.07) is -0.477. The summed E-state index contributed by atoms with van der Waals surface area (Å²) >= 11 is 0. The first kappa shape index (κ1) is 13.4. The first-order valence-electron chi connectivity index (χ1n) is 4.70. The van der Waals surface area contributed by atoms with Crippen LogP contribution in [0.5, 0.6) is 0 Å². The van der Waals surface area contributed by atoms with E-state index in [1.54, 1.807) is 7.05 Å². The van der Waals surface area contributed by atoms with Gasteiger partial charge in [-0.2, -0.15) is 0 Å². The zero-order chi connectivity index (χ0) is 11.1. The van der Waals surface area contributed by atoms with Crippen LogP contribution in [0.25, 0.3) is 0 Å². The number of rotatable bonds is 6. The Morgan fingerprint density at radius 1 is 1.64 bits per heavy atom. The van der Waals surface area contributed by atoms with E-state index < -0.39 is 12.1 Å². The number of hydrogen-bond acceptors (Lipinski definition) is 4. The van der Waals surface area contributed by atoms with Crippen LogP contribution in [0.15, 0.2) is 0 Å². The third kappa shape index (κ3) is 4.55. The fraction of sp³-hybridized carbons (Fsp3) is 0.889. The van der Waals surface area contributed by atoms with Crippen molar-refractivity contribution < 1.29 is 14.6 Å². The summed E-state index contributed by atoms with van der Waals surface area (Å²) in [5.41, 5.74) is 5.56. The first-order chi connectivity index (χ1) is 6.52. The number of hydrogen-bond donors (Lipinski definition) is 2. The lowest BCUT2D eigenvalue weighted by atomic mass is 10.2. The van der Waals surface area contributed by atoms with E-state index in [0.717, 1.165) is 0 Å². The summed E-state index contributed by atoms with van der Waals surface area (Å²) in [6.45, 7) is 2.32. The van der Waals surface area contributed by atoms with Gasteiger partial charge in [0.25, 0.3) is 0 Å². The molecule has 0 rings (SSSR count). The lowest BCUT2D eigenvalue weighted by molar-refractivity contribution is -0.133. The van der Waals surface area contributed by atoms with Gasteiger partial charge in [-0.15, -0.1) is 0 Å². The highest BCUT2D eigenvalue weighted by atomic mass is 16.5. The van der Waals surface area contributed by atoms with Gasteiger partial charge in [-0.05, 0) is 6.42 Å². The Balaban J connectivity index is 3.94. The van der Waals surface area contributed by atoms with Crippen molar-refractivity contribution in [3.8, 4) is 0 Å². The standard InChI is InChI=1S/C9H20N2O3/c1-4-8(10)9(13)11(2)5-7(12)6-14-3/h7-8,12H,4-6,10H2,1-3H3/t7?,8-/m0/s1. The van der Waals surface area contributed by atoms with Crippen LogP contribution in [-0.2, 0) is 9.53 Å². The molecular formula is C9H20N2O3. The normalized spacial score (nSPS) is 14.9. The molecule has 0 aromatic carbocycles. The predicted molar refractivity (Wildman–Crippen MR) is 53.8 cm³/mol. The minimum absolute atomic E-state index is 0.150. The average molecular weight is 204 g/mol. The first-order valence-corrected chi connectivity index (χ1v) is 4.70. The second-order valence-corrected chi connectivity index (χ2v) is 3.34. The molecule has 0 aliphatic heterocycles. The molecular weight excluding hydrogens is 184 g/mol. The number of likely N-dealkylation sites (N-methyl/N-ethyl adjacent to an activating group) is 1. The van der Waals surface area contributed by atoms with E-state index in [1.165, 1.54) is 12.0 Å². The highest BCUT2D eigenvalue weighted by Crippen LogP contribution is 1.96. The van der Waals surface area contributed by atoms with E-state index >= 15 is 0 Å². The number of aliphatic hydroxyl groups excluding tert-OH is 1. The third-order valence-electron chi connectivity index (χ3n) is 1.98. The Hall–Kier alpha value is -0.650. The van der Waals surface area contributed by atoms with Crippen LogP contribution in [0.2, 0.25) is 0 Å². The molecule has 1 amide bonds. The number of ether oxygens (including phenoxy) is 1. The van der Waals surface area contributed by atoms with Crippen LogP contribution < -0.4 is 5.73 Å². The highest BCUT2D eigenvalue weighted by molar-refractivity contribution is 5.81. The van der Waals surface area contributed by atoms with Crippen molar-refractivity contribution in [2.75, 3.05) is 27.3 Å². The summed E-state index contributed by atoms with van der Waals surface area (Å²) in [6.07, 6.45) is -0.0539. The lowest BCUT2D eigenvalue weighted by Gasteiger charge is -2.22. The van der Waals surface area contributed by atoms with Gasteiger partial charge in [0, 0.05) is 20.7 Å². The van der Waals surface area contributed by atoms with Gasteiger partial charge in [-0.1, -0.05) is 6.92 Å². The van der Waals surface area contributed by atoms with E-state index in [9.17, 15) is 9.90 Å². The molecule has 14 heavy (non-hydrogen) atoms. The quantitative estimate of drug-likeness (QED) is 0.593. The number of nitrogens with two attached hydrogens (primary N) is 1. The van der Waals surface area contributed by atoms with Gasteiger partial charge in [0.1, 0.15) is 0 Å². The molecule has 0 bridgehead atoms. The van der Waals surface area contributed by atoms with E-state index in [0.29, 0.717) is 6.42 Å². The summed E-state index contributed by atoms with van der Waals surface area (Å²) in [4.78, 5) is 12.9. The molecule has 2 atom stereocenters. The molecule has 0 aliphatic rings. The molecule has 0 radical (unpaired) electrons. The van der Waals surface area contributed by atoms with Gasteiger partial charge < -0.3 is 20.5 Å². The Kier molecular flexibility index (Phi) is 6.44. The van der Waals surface area contributed by atoms with E-state index in [4.69, 9.17) is 10.5 Å². The maximum absolute atomic E-state index is 11.5. The van der Waals surface area contributed by atoms with Crippen molar-refractivity contribution in [1.82, 2.24) is 4.90 Å². The minimum Gasteiger partial charge on any atom is -0.389 e. The molecule has 0 spiro atoms. The molecule has 5 heteroatoms. The molecule has 0 heterocycles. The van der Waals surface area contributed by atoms with Crippen LogP contribution in [0.4, 0.5) is 0 Å². The fourth-order valence-electron chi connectivity index (χ4n) is 1.11. The number of amides is 1. The molecule has 0 saturated carbocycles. The minimum atomic E-state index is -0.655. The maximum atomic E-state index is 11.5. The van der Waals surface area contributed by atoms with Crippen molar-refractivity contribution in [2.24, 2.45) is 5.73 Å². The number of aliphatic hydroxyl groups is 1. The van der Waals surface area contributed by atoms with E-state index in [-0.39, 0.29) is 19.1 Å². The second kappa shape index (κ2) is 6.75. The fourth-order valence-corrected chi connectivity index (χ4v) is 1.11. The van der Waals surface area contributed by atoms with Gasteiger partial charge in [0.2, 0.25) is 5.91 Å². The van der Waals surface area contributed by atoms with Gasteiger partial charge in [0.05, 0.1) is 18.8 Å². The van der Waals surface area contributed by atoms with Crippen molar-refractivity contribution >= 4 is 5.91 Å². The smallest absolute Gasteiger partial charge is 0.239 e. The Bertz CT molecular complexity index is 175. The third-order valence-corrected chi connectivity index (χ3v) is 1.98. The largest absolute Gasteiger partial charge is 0.389 e. The van der Waals surface area contributed by atoms with Gasteiger partial charge in [0.15, 0.2) is 0 Å². The highest BCUT2D eigenvalue weighted by Gasteiger charge is 2.18. The summed E-state index contributed by atoms with van der Waals surface area (Å²) in [7, 11) is 3.12. The molecule has 3 N–H and O–H groups in total. The van der Waals surface area contributed by atoms with Gasteiger partial charge >= 0.3 is 0 Å². The molecule has 84 valence electrons. The van der Waals surface area contributed by atoms with Crippen LogP contribution in [0, 0.1) is 0 Å². The van der Waals surface area contributed by atoms with Gasteiger partial charge in [-0.25, -0.2) is 0 Å². The molecule has 0 aromatic heterocycles. The summed E-state index contributed by atoms with van der Waals surface area (Å²) in [5, 5.41) is 9.36. The number of carbonyl (C=O) groups is 1. The molecule has 1 unspecified atom stereocenters. The predicted octanol–water partition coefficient (Wildman–Crippen LogP) is -0.811. The van der Waals surface area contributed by atoms with Crippen molar-refractivity contribution in [1.29, 1.82) is 0 Å². The molecule has 0 saturated heterocycles. The monoisotopic (exact) mass is 204 g/mol. The zero-order valence-corrected chi connectivity index (χ0v) is 9.06. The number of carbonyl (C=O) groups excluding carboxylic acids is 1. The van der Waals surface area contributed by atoms with Gasteiger partial charge in [-0.3, -0.25) is 4.79 Å². The zero-order valence-electron chi connectivity index (χ0n) is 9.06. The van der Waals surface area contributed by atoms with Crippen LogP contribution >= 0.6 is 0 Å². The van der Waals surface area contributed by atoms with E-state index in [1.807, 2.05) is 6.92 Å². The number of nitrogens with zero attached hydrogens (tertiary/aromatic N) is 1. The Morgan fingerprint density at radius 2 is 2.21 bits per heavy atom. The van der Waals surface area contributed by atoms with E-state index in [2.05, 4.69) is 0 Å². The summed E-state index contributed by atoms with van der Waals surface area (Å²) in [5.74, 6) is -0.150. The lowest BCUT2D eigenvalue weighted by Crippen LogP contribution is -2.44. The maximum Gasteiger partial charge on any atom is 0.239 e.